The smallest absolute Gasteiger partial charge is 0.328 e. The molecule has 0 aliphatic rings. The lowest BCUT2D eigenvalue weighted by Crippen LogP contribution is -1.93. The van der Waals surface area contributed by atoms with Crippen LogP contribution in [0.2, 0.25) is 0 Å². The van der Waals surface area contributed by atoms with E-state index < -0.39 is 5.97 Å². The van der Waals surface area contributed by atoms with Crippen molar-refractivity contribution in [3.63, 3.8) is 0 Å². The predicted octanol–water partition coefficient (Wildman–Crippen LogP) is 2.18. The summed E-state index contributed by atoms with van der Waals surface area (Å²) in [5.74, 6) is -0.268. The molecule has 14 heavy (non-hydrogen) atoms. The fraction of sp³-hybridized carbons (Fsp3) is 0.182. The van der Waals surface area contributed by atoms with Gasteiger partial charge in [0, 0.05) is 11.6 Å². The third-order valence-corrected chi connectivity index (χ3v) is 1.87. The predicted molar refractivity (Wildman–Crippen MR) is 54.3 cm³/mol. The molecule has 0 amide bonds. The molecule has 3 heteroatoms. The van der Waals surface area contributed by atoms with Crippen molar-refractivity contribution in [1.29, 1.82) is 0 Å². The molecule has 0 unspecified atom stereocenters. The van der Waals surface area contributed by atoms with Crippen LogP contribution in [-0.2, 0) is 4.79 Å². The summed E-state index contributed by atoms with van der Waals surface area (Å²) in [5.41, 5.74) is 1.48. The summed E-state index contributed by atoms with van der Waals surface area (Å²) in [6, 6.07) is 7.32. The summed E-state index contributed by atoms with van der Waals surface area (Å²) < 4.78 is 5.11. The molecule has 3 nitrogen and oxygen atoms in total. The monoisotopic (exact) mass is 192 g/mol. The Labute approximate surface area is 82.6 Å². The van der Waals surface area contributed by atoms with Gasteiger partial charge in [0.15, 0.2) is 0 Å². The Morgan fingerprint density at radius 2 is 2.07 bits per heavy atom. The maximum absolute atomic E-state index is 10.5. The van der Waals surface area contributed by atoms with E-state index in [-0.39, 0.29) is 0 Å². The van der Waals surface area contributed by atoms with Gasteiger partial charge in [-0.3, -0.25) is 0 Å². The number of benzene rings is 1. The van der Waals surface area contributed by atoms with Gasteiger partial charge in [0.05, 0.1) is 7.11 Å². The highest BCUT2D eigenvalue weighted by molar-refractivity contribution is 5.90. The number of ether oxygens (including phenoxy) is 1. The summed E-state index contributed by atoms with van der Waals surface area (Å²) in [6.07, 6.45) is 1.16. The second kappa shape index (κ2) is 4.46. The van der Waals surface area contributed by atoms with Crippen LogP contribution in [0.3, 0.4) is 0 Å². The second-order valence-corrected chi connectivity index (χ2v) is 2.87. The van der Waals surface area contributed by atoms with Gasteiger partial charge in [0.2, 0.25) is 0 Å². The van der Waals surface area contributed by atoms with Gasteiger partial charge in [-0.1, -0.05) is 18.2 Å². The first kappa shape index (κ1) is 10.3. The minimum Gasteiger partial charge on any atom is -0.496 e. The average Bonchev–Trinajstić information content (AvgIpc) is 2.16. The third kappa shape index (κ3) is 2.36. The Morgan fingerprint density at radius 1 is 1.43 bits per heavy atom. The largest absolute Gasteiger partial charge is 0.496 e. The van der Waals surface area contributed by atoms with Crippen molar-refractivity contribution in [2.75, 3.05) is 7.11 Å². The summed E-state index contributed by atoms with van der Waals surface area (Å²) in [6.45, 7) is 1.74. The van der Waals surface area contributed by atoms with Crippen molar-refractivity contribution in [2.24, 2.45) is 0 Å². The third-order valence-electron chi connectivity index (χ3n) is 1.87. The molecule has 0 atom stereocenters. The van der Waals surface area contributed by atoms with Gasteiger partial charge in [0.1, 0.15) is 5.75 Å². The molecule has 0 aliphatic carbocycles. The minimum atomic E-state index is -0.951. The summed E-state index contributed by atoms with van der Waals surface area (Å²) in [7, 11) is 1.56. The Hall–Kier alpha value is -1.77. The first-order chi connectivity index (χ1) is 6.65. The fourth-order valence-corrected chi connectivity index (χ4v) is 1.23. The molecule has 0 saturated carbocycles. The van der Waals surface area contributed by atoms with Crippen LogP contribution < -0.4 is 4.74 Å². The lowest BCUT2D eigenvalue weighted by molar-refractivity contribution is -0.131. The maximum atomic E-state index is 10.5. The van der Waals surface area contributed by atoms with Crippen LogP contribution >= 0.6 is 0 Å². The van der Waals surface area contributed by atoms with E-state index in [2.05, 4.69) is 0 Å². The van der Waals surface area contributed by atoms with E-state index in [1.165, 1.54) is 0 Å². The second-order valence-electron chi connectivity index (χ2n) is 2.87. The Bertz CT molecular complexity index is 367. The molecule has 0 radical (unpaired) electrons. The molecule has 74 valence electrons. The highest BCUT2D eigenvalue weighted by atomic mass is 16.5. The number of hydrogen-bond donors (Lipinski definition) is 1. The van der Waals surface area contributed by atoms with Crippen molar-refractivity contribution in [1.82, 2.24) is 0 Å². The van der Waals surface area contributed by atoms with E-state index in [9.17, 15) is 4.79 Å². The van der Waals surface area contributed by atoms with Crippen molar-refractivity contribution in [3.05, 3.63) is 35.9 Å². The van der Waals surface area contributed by atoms with Gasteiger partial charge >= 0.3 is 5.97 Å². The number of hydrogen-bond acceptors (Lipinski definition) is 2. The van der Waals surface area contributed by atoms with Crippen molar-refractivity contribution >= 4 is 11.5 Å². The molecule has 0 bridgehead atoms. The maximum Gasteiger partial charge on any atom is 0.328 e. The Morgan fingerprint density at radius 3 is 2.64 bits per heavy atom. The van der Waals surface area contributed by atoms with Gasteiger partial charge in [-0.05, 0) is 18.6 Å². The number of methoxy groups -OCH3 is 1. The van der Waals surface area contributed by atoms with E-state index in [1.54, 1.807) is 20.1 Å². The number of para-hydroxylation sites is 1. The highest BCUT2D eigenvalue weighted by Gasteiger charge is 2.04. The van der Waals surface area contributed by atoms with Gasteiger partial charge in [-0.25, -0.2) is 4.79 Å². The van der Waals surface area contributed by atoms with Gasteiger partial charge in [0.25, 0.3) is 0 Å². The SMILES string of the molecule is COc1ccccc1/C(C)=C/C(=O)O. The van der Waals surface area contributed by atoms with Crippen molar-refractivity contribution in [3.8, 4) is 5.75 Å². The summed E-state index contributed by atoms with van der Waals surface area (Å²) in [5, 5.41) is 8.59. The molecule has 1 aromatic carbocycles. The van der Waals surface area contributed by atoms with Crippen LogP contribution in [0.25, 0.3) is 5.57 Å². The molecule has 1 N–H and O–H groups in total. The van der Waals surface area contributed by atoms with Crippen LogP contribution in [0.5, 0.6) is 5.75 Å². The zero-order chi connectivity index (χ0) is 10.6. The van der Waals surface area contributed by atoms with Gasteiger partial charge in [-0.2, -0.15) is 0 Å². The molecule has 0 saturated heterocycles. The number of rotatable bonds is 3. The molecule has 1 aromatic rings. The van der Waals surface area contributed by atoms with E-state index in [4.69, 9.17) is 9.84 Å². The fourth-order valence-electron chi connectivity index (χ4n) is 1.23. The number of aliphatic carboxylic acids is 1. The van der Waals surface area contributed by atoms with Gasteiger partial charge in [-0.15, -0.1) is 0 Å². The topological polar surface area (TPSA) is 46.5 Å². The number of allylic oxidation sites excluding steroid dienone is 1. The molecule has 0 fully saturated rings. The van der Waals surface area contributed by atoms with Crippen molar-refractivity contribution in [2.45, 2.75) is 6.92 Å². The molecule has 0 heterocycles. The Balaban J connectivity index is 3.11. The quantitative estimate of drug-likeness (QED) is 0.746. The number of carbonyl (C=O) groups is 1. The number of carboxylic acids is 1. The summed E-state index contributed by atoms with van der Waals surface area (Å²) >= 11 is 0. The first-order valence-electron chi connectivity index (χ1n) is 4.19. The molecule has 0 aliphatic heterocycles. The Kier molecular flexibility index (Phi) is 3.29. The molecule has 0 spiro atoms. The molecular weight excluding hydrogens is 180 g/mol. The molecule has 1 rings (SSSR count). The first-order valence-corrected chi connectivity index (χ1v) is 4.19. The van der Waals surface area contributed by atoms with E-state index >= 15 is 0 Å². The lowest BCUT2D eigenvalue weighted by atomic mass is 10.1. The molecular formula is C11H12O3. The van der Waals surface area contributed by atoms with E-state index in [0.717, 1.165) is 11.6 Å². The van der Waals surface area contributed by atoms with Crippen LogP contribution in [0.1, 0.15) is 12.5 Å². The van der Waals surface area contributed by atoms with Crippen LogP contribution in [-0.4, -0.2) is 18.2 Å². The molecule has 0 aromatic heterocycles. The normalized spacial score (nSPS) is 11.1. The van der Waals surface area contributed by atoms with E-state index in [0.29, 0.717) is 11.3 Å². The standard InChI is InChI=1S/C11H12O3/c1-8(7-11(12)13)9-5-3-4-6-10(9)14-2/h3-7H,1-2H3,(H,12,13)/b8-7+. The minimum absolute atomic E-state index is 0.676. The zero-order valence-electron chi connectivity index (χ0n) is 8.15. The zero-order valence-corrected chi connectivity index (χ0v) is 8.15. The van der Waals surface area contributed by atoms with E-state index in [1.807, 2.05) is 18.2 Å². The van der Waals surface area contributed by atoms with Crippen LogP contribution in [0.15, 0.2) is 30.3 Å². The van der Waals surface area contributed by atoms with Crippen LogP contribution in [0, 0.1) is 0 Å². The summed E-state index contributed by atoms with van der Waals surface area (Å²) in [4.78, 5) is 10.5. The van der Waals surface area contributed by atoms with Gasteiger partial charge < -0.3 is 9.84 Å². The number of carboxylic acid groups (broad SMARTS) is 1. The average molecular weight is 192 g/mol. The van der Waals surface area contributed by atoms with Crippen LogP contribution in [0.4, 0.5) is 0 Å². The highest BCUT2D eigenvalue weighted by Crippen LogP contribution is 2.24. The van der Waals surface area contributed by atoms with Crippen molar-refractivity contribution < 1.29 is 14.6 Å². The lowest BCUT2D eigenvalue weighted by Gasteiger charge is -2.07.